The maximum atomic E-state index is 13.0. The van der Waals surface area contributed by atoms with Gasteiger partial charge < -0.3 is 15.2 Å². The van der Waals surface area contributed by atoms with E-state index < -0.39 is 17.7 Å². The van der Waals surface area contributed by atoms with Crippen molar-refractivity contribution in [3.8, 4) is 0 Å². The van der Waals surface area contributed by atoms with E-state index in [1.165, 1.54) is 0 Å². The summed E-state index contributed by atoms with van der Waals surface area (Å²) < 4.78 is 18.2. The summed E-state index contributed by atoms with van der Waals surface area (Å²) in [6.45, 7) is 2.76. The number of carboxylic acids is 1. The summed E-state index contributed by atoms with van der Waals surface area (Å²) in [5, 5.41) is 11.3. The molecule has 0 aliphatic rings. The van der Waals surface area contributed by atoms with Gasteiger partial charge in [0, 0.05) is 6.61 Å². The molecular weight excluding hydrogens is 253 g/mol. The Balaban J connectivity index is 2.62. The molecule has 0 aliphatic heterocycles. The highest BCUT2D eigenvalue weighted by atomic mass is 19.1. The normalized spacial score (nSPS) is 10.2. The van der Waals surface area contributed by atoms with Crippen molar-refractivity contribution in [3.63, 3.8) is 0 Å². The fourth-order valence-electron chi connectivity index (χ4n) is 1.43. The standard InChI is InChI=1S/C13H16FNO4/c1-2-6-19-7-5-12(16)15-11-8-9(14)3-4-10(11)13(17)18/h3-4,8H,2,5-7H2,1H3,(H,15,16)(H,17,18). The number of rotatable bonds is 7. The van der Waals surface area contributed by atoms with Gasteiger partial charge in [0.2, 0.25) is 5.91 Å². The molecule has 104 valence electrons. The second-order valence-corrected chi connectivity index (χ2v) is 3.91. The fourth-order valence-corrected chi connectivity index (χ4v) is 1.43. The average Bonchev–Trinajstić information content (AvgIpc) is 2.34. The Morgan fingerprint density at radius 2 is 2.11 bits per heavy atom. The number of aromatic carboxylic acids is 1. The lowest BCUT2D eigenvalue weighted by Gasteiger charge is -2.08. The van der Waals surface area contributed by atoms with E-state index in [1.807, 2.05) is 6.92 Å². The minimum Gasteiger partial charge on any atom is -0.478 e. The molecule has 0 radical (unpaired) electrons. The Morgan fingerprint density at radius 1 is 1.37 bits per heavy atom. The predicted octanol–water partition coefficient (Wildman–Crippen LogP) is 2.28. The minimum atomic E-state index is -1.22. The predicted molar refractivity (Wildman–Crippen MR) is 67.7 cm³/mol. The largest absolute Gasteiger partial charge is 0.478 e. The number of carbonyl (C=O) groups is 2. The van der Waals surface area contributed by atoms with Crippen LogP contribution in [0.5, 0.6) is 0 Å². The zero-order valence-electron chi connectivity index (χ0n) is 10.6. The van der Waals surface area contributed by atoms with Crippen molar-refractivity contribution in [1.82, 2.24) is 0 Å². The van der Waals surface area contributed by atoms with Crippen LogP contribution >= 0.6 is 0 Å². The first-order valence-electron chi connectivity index (χ1n) is 5.95. The van der Waals surface area contributed by atoms with Gasteiger partial charge in [0.25, 0.3) is 0 Å². The number of benzene rings is 1. The van der Waals surface area contributed by atoms with E-state index in [1.54, 1.807) is 0 Å². The van der Waals surface area contributed by atoms with E-state index >= 15 is 0 Å². The summed E-state index contributed by atoms with van der Waals surface area (Å²) >= 11 is 0. The molecule has 2 N–H and O–H groups in total. The Morgan fingerprint density at radius 3 is 2.74 bits per heavy atom. The third kappa shape index (κ3) is 5.05. The molecule has 0 heterocycles. The number of amides is 1. The van der Waals surface area contributed by atoms with Crippen molar-refractivity contribution in [2.45, 2.75) is 19.8 Å². The third-order valence-corrected chi connectivity index (χ3v) is 2.31. The van der Waals surface area contributed by atoms with Crippen molar-refractivity contribution >= 4 is 17.6 Å². The molecule has 0 aliphatic carbocycles. The molecule has 0 atom stereocenters. The lowest BCUT2D eigenvalue weighted by atomic mass is 10.1. The SMILES string of the molecule is CCCOCCC(=O)Nc1cc(F)ccc1C(=O)O. The van der Waals surface area contributed by atoms with Crippen molar-refractivity contribution in [2.75, 3.05) is 18.5 Å². The first-order chi connectivity index (χ1) is 9.04. The number of nitrogens with one attached hydrogen (secondary N) is 1. The van der Waals surface area contributed by atoms with E-state index in [4.69, 9.17) is 9.84 Å². The van der Waals surface area contributed by atoms with Crippen LogP contribution in [0.25, 0.3) is 0 Å². The van der Waals surface area contributed by atoms with Crippen LogP contribution in [0.15, 0.2) is 18.2 Å². The van der Waals surface area contributed by atoms with Crippen LogP contribution in [0.3, 0.4) is 0 Å². The Kier molecular flexibility index (Phi) is 5.95. The first-order valence-corrected chi connectivity index (χ1v) is 5.95. The van der Waals surface area contributed by atoms with Crippen LogP contribution in [0.4, 0.5) is 10.1 Å². The van der Waals surface area contributed by atoms with Gasteiger partial charge in [-0.2, -0.15) is 0 Å². The van der Waals surface area contributed by atoms with Gasteiger partial charge in [-0.3, -0.25) is 4.79 Å². The van der Waals surface area contributed by atoms with Crippen molar-refractivity contribution < 1.29 is 23.8 Å². The van der Waals surface area contributed by atoms with Crippen LogP contribution in [-0.4, -0.2) is 30.2 Å². The van der Waals surface area contributed by atoms with Crippen molar-refractivity contribution in [1.29, 1.82) is 0 Å². The molecule has 0 bridgehead atoms. The zero-order valence-corrected chi connectivity index (χ0v) is 10.6. The van der Waals surface area contributed by atoms with Crippen LogP contribution in [0, 0.1) is 5.82 Å². The molecule has 0 spiro atoms. The minimum absolute atomic E-state index is 0.0482. The number of carboxylic acid groups (broad SMARTS) is 1. The van der Waals surface area contributed by atoms with Gasteiger partial charge in [-0.25, -0.2) is 9.18 Å². The lowest BCUT2D eigenvalue weighted by molar-refractivity contribution is -0.117. The van der Waals surface area contributed by atoms with E-state index in [0.717, 1.165) is 24.6 Å². The van der Waals surface area contributed by atoms with E-state index in [9.17, 15) is 14.0 Å². The third-order valence-electron chi connectivity index (χ3n) is 2.31. The molecule has 0 saturated carbocycles. The maximum absolute atomic E-state index is 13.0. The highest BCUT2D eigenvalue weighted by Gasteiger charge is 2.13. The summed E-state index contributed by atoms with van der Waals surface area (Å²) in [5.74, 6) is -2.25. The molecule has 1 aromatic carbocycles. The Bertz CT molecular complexity index is 462. The van der Waals surface area contributed by atoms with E-state index in [-0.39, 0.29) is 24.3 Å². The van der Waals surface area contributed by atoms with Gasteiger partial charge >= 0.3 is 5.97 Å². The van der Waals surface area contributed by atoms with Gasteiger partial charge in [-0.05, 0) is 24.6 Å². The first kappa shape index (κ1) is 15.1. The van der Waals surface area contributed by atoms with Gasteiger partial charge in [-0.1, -0.05) is 6.92 Å². The molecule has 6 heteroatoms. The van der Waals surface area contributed by atoms with Crippen molar-refractivity contribution in [3.05, 3.63) is 29.6 Å². The summed E-state index contributed by atoms with van der Waals surface area (Å²) in [5.41, 5.74) is -0.197. The average molecular weight is 269 g/mol. The van der Waals surface area contributed by atoms with Crippen molar-refractivity contribution in [2.24, 2.45) is 0 Å². The van der Waals surface area contributed by atoms with Gasteiger partial charge in [0.15, 0.2) is 0 Å². The molecule has 1 aromatic rings. The zero-order chi connectivity index (χ0) is 14.3. The summed E-state index contributed by atoms with van der Waals surface area (Å²) in [6, 6.07) is 3.12. The Labute approximate surface area is 110 Å². The molecule has 0 unspecified atom stereocenters. The number of halogens is 1. The fraction of sp³-hybridized carbons (Fsp3) is 0.385. The van der Waals surface area contributed by atoms with Crippen LogP contribution in [0.2, 0.25) is 0 Å². The van der Waals surface area contributed by atoms with Crippen LogP contribution in [0.1, 0.15) is 30.1 Å². The van der Waals surface area contributed by atoms with Gasteiger partial charge in [0.05, 0.1) is 24.3 Å². The topological polar surface area (TPSA) is 75.6 Å². The maximum Gasteiger partial charge on any atom is 0.337 e. The van der Waals surface area contributed by atoms with E-state index in [0.29, 0.717) is 6.61 Å². The molecule has 5 nitrogen and oxygen atoms in total. The summed E-state index contributed by atoms with van der Waals surface area (Å²) in [7, 11) is 0. The molecule has 1 amide bonds. The highest BCUT2D eigenvalue weighted by molar-refractivity contribution is 6.00. The summed E-state index contributed by atoms with van der Waals surface area (Å²) in [6.07, 6.45) is 0.949. The second-order valence-electron chi connectivity index (χ2n) is 3.91. The quantitative estimate of drug-likeness (QED) is 0.744. The molecule has 0 aromatic heterocycles. The number of carbonyl (C=O) groups excluding carboxylic acids is 1. The number of ether oxygens (including phenoxy) is 1. The number of anilines is 1. The molecule has 0 fully saturated rings. The van der Waals surface area contributed by atoms with Gasteiger partial charge in [-0.15, -0.1) is 0 Å². The highest BCUT2D eigenvalue weighted by Crippen LogP contribution is 2.17. The molecule has 19 heavy (non-hydrogen) atoms. The second kappa shape index (κ2) is 7.48. The smallest absolute Gasteiger partial charge is 0.337 e. The van der Waals surface area contributed by atoms with E-state index in [2.05, 4.69) is 5.32 Å². The molecular formula is C13H16FNO4. The lowest BCUT2D eigenvalue weighted by Crippen LogP contribution is -2.16. The number of hydrogen-bond donors (Lipinski definition) is 2. The Hall–Kier alpha value is -1.95. The van der Waals surface area contributed by atoms with Gasteiger partial charge in [0.1, 0.15) is 5.82 Å². The van der Waals surface area contributed by atoms with Crippen LogP contribution < -0.4 is 5.32 Å². The van der Waals surface area contributed by atoms with Crippen LogP contribution in [-0.2, 0) is 9.53 Å². The number of hydrogen-bond acceptors (Lipinski definition) is 3. The summed E-state index contributed by atoms with van der Waals surface area (Å²) in [4.78, 5) is 22.5. The molecule has 0 saturated heterocycles. The molecule has 1 rings (SSSR count). The monoisotopic (exact) mass is 269 g/mol.